The van der Waals surface area contributed by atoms with E-state index in [2.05, 4.69) is 0 Å². The average molecular weight is 438 g/mol. The maximum absolute atomic E-state index is 13.3. The van der Waals surface area contributed by atoms with E-state index >= 15 is 0 Å². The predicted octanol–water partition coefficient (Wildman–Crippen LogP) is 4.16. The Bertz CT molecular complexity index is 1300. The summed E-state index contributed by atoms with van der Waals surface area (Å²) in [6.45, 7) is 7.05. The van der Waals surface area contributed by atoms with E-state index in [0.717, 1.165) is 5.57 Å². The number of benzene rings is 2. The fourth-order valence-corrected chi connectivity index (χ4v) is 3.91. The summed E-state index contributed by atoms with van der Waals surface area (Å²) in [7, 11) is 0. The number of allylic oxidation sites excluding steroid dienone is 2. The molecule has 7 heteroatoms. The summed E-state index contributed by atoms with van der Waals surface area (Å²) in [6, 6.07) is 4.48. The molecule has 1 aromatic heterocycles. The number of rotatable bonds is 4. The molecule has 1 aliphatic rings. The lowest BCUT2D eigenvalue weighted by molar-refractivity contribution is -0.0229. The van der Waals surface area contributed by atoms with Crippen molar-refractivity contribution in [2.24, 2.45) is 0 Å². The second-order valence-electron chi connectivity index (χ2n) is 8.96. The van der Waals surface area contributed by atoms with Crippen LogP contribution in [0.3, 0.4) is 0 Å². The molecule has 0 spiro atoms. The minimum atomic E-state index is -1.11. The van der Waals surface area contributed by atoms with E-state index in [1.165, 1.54) is 12.3 Å². The molecular weight excluding hydrogens is 412 g/mol. The zero-order valence-electron chi connectivity index (χ0n) is 18.4. The van der Waals surface area contributed by atoms with Crippen molar-refractivity contribution in [1.29, 1.82) is 0 Å². The summed E-state index contributed by atoms with van der Waals surface area (Å²) in [6.07, 6.45) is 3.03. The maximum atomic E-state index is 13.3. The molecular formula is C25H26O7. The van der Waals surface area contributed by atoms with Gasteiger partial charge in [-0.2, -0.15) is 0 Å². The third kappa shape index (κ3) is 3.58. The average Bonchev–Trinajstić information content (AvgIpc) is 3.14. The fourth-order valence-electron chi connectivity index (χ4n) is 3.91. The molecule has 0 fully saturated rings. The van der Waals surface area contributed by atoms with Crippen LogP contribution in [0.4, 0.5) is 0 Å². The molecule has 0 saturated carbocycles. The lowest BCUT2D eigenvalue weighted by Crippen LogP contribution is -2.39. The second-order valence-corrected chi connectivity index (χ2v) is 8.96. The highest BCUT2D eigenvalue weighted by atomic mass is 16.5. The van der Waals surface area contributed by atoms with Gasteiger partial charge in [0.2, 0.25) is 5.43 Å². The molecule has 32 heavy (non-hydrogen) atoms. The molecule has 2 aromatic carbocycles. The van der Waals surface area contributed by atoms with E-state index in [4.69, 9.17) is 9.15 Å². The molecule has 7 nitrogen and oxygen atoms in total. The van der Waals surface area contributed by atoms with Gasteiger partial charge in [-0.1, -0.05) is 11.6 Å². The summed E-state index contributed by atoms with van der Waals surface area (Å²) < 4.78 is 11.3. The van der Waals surface area contributed by atoms with Gasteiger partial charge in [0.1, 0.15) is 46.3 Å². The summed E-state index contributed by atoms with van der Waals surface area (Å²) in [5.74, 6) is -0.206. The molecule has 0 aliphatic carbocycles. The van der Waals surface area contributed by atoms with E-state index < -0.39 is 17.1 Å². The van der Waals surface area contributed by atoms with Crippen LogP contribution in [0.2, 0.25) is 0 Å². The zero-order valence-corrected chi connectivity index (χ0v) is 18.4. The number of hydrogen-bond acceptors (Lipinski definition) is 7. The molecule has 1 aliphatic heterocycles. The zero-order chi connectivity index (χ0) is 23.4. The van der Waals surface area contributed by atoms with Crippen molar-refractivity contribution in [2.45, 2.75) is 52.2 Å². The van der Waals surface area contributed by atoms with Crippen LogP contribution in [0.1, 0.15) is 38.8 Å². The van der Waals surface area contributed by atoms with E-state index in [1.54, 1.807) is 26.0 Å². The lowest BCUT2D eigenvalue weighted by atomic mass is 9.94. The molecule has 0 bridgehead atoms. The number of fused-ring (bicyclic) bond motifs is 2. The Hall–Kier alpha value is -3.45. The molecule has 2 heterocycles. The first-order valence-corrected chi connectivity index (χ1v) is 10.4. The van der Waals surface area contributed by atoms with Gasteiger partial charge >= 0.3 is 0 Å². The van der Waals surface area contributed by atoms with E-state index in [9.17, 15) is 25.2 Å². The molecule has 0 unspecified atom stereocenters. The summed E-state index contributed by atoms with van der Waals surface area (Å²) in [5.41, 5.74) is 0.422. The van der Waals surface area contributed by atoms with Crippen molar-refractivity contribution in [2.75, 3.05) is 0 Å². The van der Waals surface area contributed by atoms with Crippen LogP contribution in [-0.2, 0) is 12.8 Å². The predicted molar refractivity (Wildman–Crippen MR) is 120 cm³/mol. The highest BCUT2D eigenvalue weighted by molar-refractivity contribution is 5.90. The Labute approximate surface area is 184 Å². The Morgan fingerprint density at radius 3 is 2.53 bits per heavy atom. The smallest absolute Gasteiger partial charge is 0.204 e. The van der Waals surface area contributed by atoms with Crippen LogP contribution >= 0.6 is 0 Å². The van der Waals surface area contributed by atoms with Crippen molar-refractivity contribution in [1.82, 2.24) is 0 Å². The summed E-state index contributed by atoms with van der Waals surface area (Å²) >= 11 is 0. The quantitative estimate of drug-likeness (QED) is 0.452. The number of ether oxygens (including phenoxy) is 1. The molecule has 1 atom stereocenters. The topological polar surface area (TPSA) is 120 Å². The van der Waals surface area contributed by atoms with Crippen LogP contribution in [0.25, 0.3) is 22.1 Å². The van der Waals surface area contributed by atoms with Gasteiger partial charge in [0.25, 0.3) is 0 Å². The van der Waals surface area contributed by atoms with Gasteiger partial charge in [-0.3, -0.25) is 4.79 Å². The largest absolute Gasteiger partial charge is 0.507 e. The number of aromatic hydroxyl groups is 3. The van der Waals surface area contributed by atoms with Crippen LogP contribution in [0, 0.1) is 0 Å². The Balaban J connectivity index is 1.86. The Morgan fingerprint density at radius 1 is 1.16 bits per heavy atom. The third-order valence-corrected chi connectivity index (χ3v) is 5.81. The fraction of sp³-hybridized carbons (Fsp3) is 0.320. The van der Waals surface area contributed by atoms with Gasteiger partial charge in [0.05, 0.1) is 11.2 Å². The van der Waals surface area contributed by atoms with Crippen molar-refractivity contribution >= 4 is 11.0 Å². The number of phenolic OH excluding ortho intramolecular Hbond substituents is 3. The van der Waals surface area contributed by atoms with Crippen LogP contribution in [-0.4, -0.2) is 32.1 Å². The number of aliphatic hydroxyl groups is 1. The Kier molecular flexibility index (Phi) is 5.17. The number of hydrogen-bond donors (Lipinski definition) is 4. The monoisotopic (exact) mass is 438 g/mol. The summed E-state index contributed by atoms with van der Waals surface area (Å²) in [4.78, 5) is 13.3. The van der Waals surface area contributed by atoms with Gasteiger partial charge < -0.3 is 29.6 Å². The van der Waals surface area contributed by atoms with Gasteiger partial charge in [-0.15, -0.1) is 0 Å². The molecule has 168 valence electrons. The first-order chi connectivity index (χ1) is 15.0. The molecule has 4 rings (SSSR count). The van der Waals surface area contributed by atoms with Gasteiger partial charge in [0.15, 0.2) is 0 Å². The minimum Gasteiger partial charge on any atom is -0.507 e. The molecule has 3 aromatic rings. The molecule has 0 saturated heterocycles. The van der Waals surface area contributed by atoms with E-state index in [-0.39, 0.29) is 57.7 Å². The van der Waals surface area contributed by atoms with Crippen molar-refractivity contribution in [3.8, 4) is 34.1 Å². The second kappa shape index (κ2) is 7.60. The third-order valence-electron chi connectivity index (χ3n) is 5.81. The summed E-state index contributed by atoms with van der Waals surface area (Å²) in [5, 5.41) is 42.2. The highest BCUT2D eigenvalue weighted by Gasteiger charge is 2.37. The SMILES string of the molecule is CC(C)=CCc1c(O)cc2occ(-c3ccc4c(c3O)C[C@@H](C(C)(C)O)O4)c(=O)c2c1O. The molecule has 0 radical (unpaired) electrons. The van der Waals surface area contributed by atoms with Gasteiger partial charge in [-0.25, -0.2) is 0 Å². The molecule has 4 N–H and O–H groups in total. The lowest BCUT2D eigenvalue weighted by Gasteiger charge is -2.24. The minimum absolute atomic E-state index is 0.0424. The van der Waals surface area contributed by atoms with Crippen molar-refractivity contribution in [3.05, 3.63) is 57.5 Å². The first kappa shape index (κ1) is 21.8. The van der Waals surface area contributed by atoms with Gasteiger partial charge in [0, 0.05) is 29.2 Å². The highest BCUT2D eigenvalue weighted by Crippen LogP contribution is 2.44. The number of phenols is 3. The standard InChI is InChI=1S/C25H26O7/c1-12(2)5-6-14-17(26)10-19-21(23(14)28)24(29)16(11-31-19)13-7-8-18-15(22(13)27)9-20(32-18)25(3,4)30/h5,7-8,10-11,20,26-28,30H,6,9H2,1-4H3/t20-/m0/s1. The normalized spacial score (nSPS) is 15.5. The molecule has 0 amide bonds. The Morgan fingerprint density at radius 2 is 1.88 bits per heavy atom. The van der Waals surface area contributed by atoms with Crippen molar-refractivity contribution in [3.63, 3.8) is 0 Å². The first-order valence-electron chi connectivity index (χ1n) is 10.4. The van der Waals surface area contributed by atoms with Crippen LogP contribution in [0.15, 0.2) is 45.3 Å². The van der Waals surface area contributed by atoms with Crippen LogP contribution in [0.5, 0.6) is 23.0 Å². The maximum Gasteiger partial charge on any atom is 0.204 e. The van der Waals surface area contributed by atoms with E-state index in [0.29, 0.717) is 11.3 Å². The van der Waals surface area contributed by atoms with Gasteiger partial charge in [-0.05, 0) is 46.2 Å². The van der Waals surface area contributed by atoms with Crippen molar-refractivity contribution < 1.29 is 29.6 Å². The van der Waals surface area contributed by atoms with Crippen LogP contribution < -0.4 is 10.2 Å². The van der Waals surface area contributed by atoms with E-state index in [1.807, 2.05) is 19.9 Å².